The lowest BCUT2D eigenvalue weighted by molar-refractivity contribution is 0.0930. The first-order chi connectivity index (χ1) is 8.50. The van der Waals surface area contributed by atoms with E-state index in [-0.39, 0.29) is 17.6 Å². The van der Waals surface area contributed by atoms with Crippen LogP contribution in [0, 0.1) is 13.8 Å². The summed E-state index contributed by atoms with van der Waals surface area (Å²) in [5.74, 6) is 0.159. The average molecular weight is 251 g/mol. The van der Waals surface area contributed by atoms with E-state index in [1.54, 1.807) is 13.8 Å². The van der Waals surface area contributed by atoms with Gasteiger partial charge in [-0.05, 0) is 31.1 Å². The zero-order valence-electron chi connectivity index (χ0n) is 10.2. The van der Waals surface area contributed by atoms with Crippen LogP contribution in [0.3, 0.4) is 0 Å². The van der Waals surface area contributed by atoms with Crippen molar-refractivity contribution in [3.8, 4) is 0 Å². The van der Waals surface area contributed by atoms with Crippen molar-refractivity contribution in [1.82, 2.24) is 20.8 Å². The molecule has 0 aliphatic rings. The summed E-state index contributed by atoms with van der Waals surface area (Å²) < 4.78 is 9.41. The van der Waals surface area contributed by atoms with Gasteiger partial charge in [0, 0.05) is 5.56 Å². The normalized spacial score (nSPS) is 12.4. The van der Waals surface area contributed by atoms with Gasteiger partial charge >= 0.3 is 0 Å². The fraction of sp³-hybridized carbons (Fsp3) is 0.400. The Bertz CT molecular complexity index is 554. The van der Waals surface area contributed by atoms with E-state index in [9.17, 15) is 4.79 Å². The minimum atomic E-state index is -0.457. The summed E-state index contributed by atoms with van der Waals surface area (Å²) in [6.45, 7) is 5.40. The van der Waals surface area contributed by atoms with Crippen molar-refractivity contribution in [2.75, 3.05) is 5.73 Å². The largest absolute Gasteiger partial charge is 0.379 e. The summed E-state index contributed by atoms with van der Waals surface area (Å²) in [4.78, 5) is 11.9. The number of hydrogen-bond acceptors (Lipinski definition) is 7. The van der Waals surface area contributed by atoms with Crippen LogP contribution in [0.4, 0.5) is 5.82 Å². The first-order valence-corrected chi connectivity index (χ1v) is 5.32. The Labute approximate surface area is 102 Å². The summed E-state index contributed by atoms with van der Waals surface area (Å²) in [6, 6.07) is -0.278. The van der Waals surface area contributed by atoms with E-state index >= 15 is 0 Å². The van der Waals surface area contributed by atoms with Crippen LogP contribution >= 0.6 is 0 Å². The number of nitrogens with two attached hydrogens (primary N) is 1. The van der Waals surface area contributed by atoms with E-state index in [0.29, 0.717) is 5.76 Å². The number of nitrogens with one attached hydrogen (secondary N) is 1. The van der Waals surface area contributed by atoms with Crippen molar-refractivity contribution in [2.45, 2.75) is 26.8 Å². The maximum absolute atomic E-state index is 11.9. The lowest BCUT2D eigenvalue weighted by Crippen LogP contribution is -2.28. The first-order valence-electron chi connectivity index (χ1n) is 5.32. The van der Waals surface area contributed by atoms with Gasteiger partial charge in [-0.2, -0.15) is 0 Å². The van der Waals surface area contributed by atoms with Gasteiger partial charge < -0.3 is 15.6 Å². The lowest BCUT2D eigenvalue weighted by Gasteiger charge is -2.12. The van der Waals surface area contributed by atoms with Gasteiger partial charge in [-0.25, -0.2) is 4.63 Å². The first kappa shape index (κ1) is 12.1. The van der Waals surface area contributed by atoms with Crippen LogP contribution in [0.5, 0.6) is 0 Å². The minimum Gasteiger partial charge on any atom is -0.379 e. The second-order valence-electron chi connectivity index (χ2n) is 3.93. The molecule has 1 amide bonds. The van der Waals surface area contributed by atoms with Crippen LogP contribution in [-0.4, -0.2) is 21.4 Å². The molecule has 0 saturated carbocycles. The van der Waals surface area contributed by atoms with E-state index in [2.05, 4.69) is 25.4 Å². The number of nitrogen functional groups attached to an aromatic ring is 1. The molecule has 2 heterocycles. The zero-order chi connectivity index (χ0) is 13.3. The molecule has 2 rings (SSSR count). The topological polar surface area (TPSA) is 120 Å². The average Bonchev–Trinajstić information content (AvgIpc) is 2.85. The number of aromatic nitrogens is 3. The molecule has 8 heteroatoms. The standard InChI is InChI=1S/C10H13N5O3/c1-4(7-5(2)13-17-6(7)3)12-10(16)8-9(11)15-18-14-8/h4H,1-3H3,(H2,11,15)(H,12,16). The number of rotatable bonds is 3. The maximum Gasteiger partial charge on any atom is 0.277 e. The molecule has 0 aliphatic heterocycles. The molecule has 0 saturated heterocycles. The van der Waals surface area contributed by atoms with E-state index in [1.165, 1.54) is 0 Å². The molecule has 0 spiro atoms. The summed E-state index contributed by atoms with van der Waals surface area (Å²) in [6.07, 6.45) is 0. The third kappa shape index (κ3) is 2.04. The number of aryl methyl sites for hydroxylation is 2. The Hall–Kier alpha value is -2.38. The van der Waals surface area contributed by atoms with Crippen LogP contribution in [0.2, 0.25) is 0 Å². The second kappa shape index (κ2) is 4.47. The van der Waals surface area contributed by atoms with Crippen LogP contribution < -0.4 is 11.1 Å². The van der Waals surface area contributed by atoms with Gasteiger partial charge in [0.05, 0.1) is 11.7 Å². The van der Waals surface area contributed by atoms with Gasteiger partial charge in [0.2, 0.25) is 11.5 Å². The van der Waals surface area contributed by atoms with Crippen molar-refractivity contribution in [3.05, 3.63) is 22.7 Å². The predicted octanol–water partition coefficient (Wildman–Crippen LogP) is 0.748. The molecular formula is C10H13N5O3. The molecule has 0 bridgehead atoms. The van der Waals surface area contributed by atoms with E-state index in [4.69, 9.17) is 10.3 Å². The predicted molar refractivity (Wildman–Crippen MR) is 60.6 cm³/mol. The molecule has 0 aliphatic carbocycles. The summed E-state index contributed by atoms with van der Waals surface area (Å²) in [5.41, 5.74) is 6.96. The van der Waals surface area contributed by atoms with E-state index in [1.807, 2.05) is 6.92 Å². The molecule has 0 fully saturated rings. The molecular weight excluding hydrogens is 238 g/mol. The second-order valence-corrected chi connectivity index (χ2v) is 3.93. The molecule has 2 aromatic heterocycles. The third-order valence-electron chi connectivity index (χ3n) is 2.60. The van der Waals surface area contributed by atoms with Crippen LogP contribution in [0.15, 0.2) is 9.15 Å². The molecule has 0 radical (unpaired) electrons. The SMILES string of the molecule is Cc1noc(C)c1C(C)NC(=O)c1nonc1N. The molecule has 18 heavy (non-hydrogen) atoms. The van der Waals surface area contributed by atoms with Crippen LogP contribution in [-0.2, 0) is 0 Å². The Kier molecular flexibility index (Phi) is 3.00. The van der Waals surface area contributed by atoms with Crippen molar-refractivity contribution >= 4 is 11.7 Å². The number of hydrogen-bond donors (Lipinski definition) is 2. The molecule has 0 aromatic carbocycles. The monoisotopic (exact) mass is 251 g/mol. The number of nitrogens with zero attached hydrogens (tertiary/aromatic N) is 3. The van der Waals surface area contributed by atoms with Gasteiger partial charge in [0.25, 0.3) is 5.91 Å². The molecule has 8 nitrogen and oxygen atoms in total. The van der Waals surface area contributed by atoms with Crippen molar-refractivity contribution < 1.29 is 13.9 Å². The molecule has 1 unspecified atom stereocenters. The lowest BCUT2D eigenvalue weighted by atomic mass is 10.1. The van der Waals surface area contributed by atoms with Crippen molar-refractivity contribution in [3.63, 3.8) is 0 Å². The van der Waals surface area contributed by atoms with Gasteiger partial charge in [-0.15, -0.1) is 0 Å². The smallest absolute Gasteiger partial charge is 0.277 e. The maximum atomic E-state index is 11.9. The highest BCUT2D eigenvalue weighted by Crippen LogP contribution is 2.21. The molecule has 3 N–H and O–H groups in total. The zero-order valence-corrected chi connectivity index (χ0v) is 10.2. The Morgan fingerprint density at radius 2 is 2.06 bits per heavy atom. The highest BCUT2D eigenvalue weighted by molar-refractivity contribution is 5.96. The molecule has 2 aromatic rings. The Balaban J connectivity index is 2.16. The molecule has 96 valence electrons. The fourth-order valence-electron chi connectivity index (χ4n) is 1.80. The minimum absolute atomic E-state index is 0.0337. The quantitative estimate of drug-likeness (QED) is 0.825. The fourth-order valence-corrected chi connectivity index (χ4v) is 1.80. The van der Waals surface area contributed by atoms with Gasteiger partial charge in [-0.1, -0.05) is 5.16 Å². The number of carbonyl (C=O) groups is 1. The molecule has 1 atom stereocenters. The Morgan fingerprint density at radius 3 is 2.56 bits per heavy atom. The van der Waals surface area contributed by atoms with Crippen LogP contribution in [0.1, 0.15) is 40.5 Å². The number of carbonyl (C=O) groups excluding carboxylic acids is 1. The number of anilines is 1. The van der Waals surface area contributed by atoms with E-state index in [0.717, 1.165) is 11.3 Å². The Morgan fingerprint density at radius 1 is 1.33 bits per heavy atom. The van der Waals surface area contributed by atoms with E-state index < -0.39 is 5.91 Å². The van der Waals surface area contributed by atoms with Crippen LogP contribution in [0.25, 0.3) is 0 Å². The highest BCUT2D eigenvalue weighted by atomic mass is 16.6. The van der Waals surface area contributed by atoms with Gasteiger partial charge in [-0.3, -0.25) is 4.79 Å². The van der Waals surface area contributed by atoms with Crippen molar-refractivity contribution in [1.29, 1.82) is 0 Å². The number of amides is 1. The van der Waals surface area contributed by atoms with Gasteiger partial charge in [0.15, 0.2) is 0 Å². The third-order valence-corrected chi connectivity index (χ3v) is 2.60. The summed E-state index contributed by atoms with van der Waals surface area (Å²) in [5, 5.41) is 13.3. The summed E-state index contributed by atoms with van der Waals surface area (Å²) >= 11 is 0. The highest BCUT2D eigenvalue weighted by Gasteiger charge is 2.22. The van der Waals surface area contributed by atoms with Crippen molar-refractivity contribution in [2.24, 2.45) is 0 Å². The summed E-state index contributed by atoms with van der Waals surface area (Å²) in [7, 11) is 0. The van der Waals surface area contributed by atoms with Gasteiger partial charge in [0.1, 0.15) is 5.76 Å².